The zero-order chi connectivity index (χ0) is 11.5. The van der Waals surface area contributed by atoms with E-state index in [1.54, 1.807) is 13.0 Å². The van der Waals surface area contributed by atoms with E-state index in [2.05, 4.69) is 30.7 Å². The number of hydrogen-bond acceptors (Lipinski definition) is 4. The van der Waals surface area contributed by atoms with Crippen LogP contribution in [0.1, 0.15) is 29.1 Å². The molecule has 7 nitrogen and oxygen atoms in total. The normalized spacial score (nSPS) is 10.4. The Hall–Kier alpha value is -2.18. The molecule has 0 saturated carbocycles. The molecule has 2 aromatic heterocycles. The van der Waals surface area contributed by atoms with Crippen LogP contribution < -0.4 is 5.32 Å². The van der Waals surface area contributed by atoms with Crippen LogP contribution in [0, 0.1) is 6.92 Å². The molecular weight excluding hydrogens is 208 g/mol. The molecule has 0 aromatic carbocycles. The number of carbonyl (C=O) groups is 1. The summed E-state index contributed by atoms with van der Waals surface area (Å²) in [6, 6.07) is 1.78. The van der Waals surface area contributed by atoms with Crippen molar-refractivity contribution in [2.45, 2.75) is 20.3 Å². The fourth-order valence-corrected chi connectivity index (χ4v) is 1.22. The van der Waals surface area contributed by atoms with Gasteiger partial charge in [0.2, 0.25) is 5.82 Å². The summed E-state index contributed by atoms with van der Waals surface area (Å²) in [5, 5.41) is 15.7. The standard InChI is InChI=1S/C9H12N6O/c1-3-6-4-7(14-13-6)11-9(16)8-10-5(2)12-15-8/h4H,3H2,1-2H3,(H,10,12,15)(H2,11,13,14,16). The molecule has 84 valence electrons. The van der Waals surface area contributed by atoms with Gasteiger partial charge in [-0.15, -0.1) is 5.10 Å². The zero-order valence-electron chi connectivity index (χ0n) is 9.03. The van der Waals surface area contributed by atoms with Crippen molar-refractivity contribution < 1.29 is 4.79 Å². The third-order valence-corrected chi connectivity index (χ3v) is 2.05. The Bertz CT molecular complexity index is 500. The lowest BCUT2D eigenvalue weighted by molar-refractivity contribution is 0.101. The smallest absolute Gasteiger partial charge is 0.296 e. The number of rotatable bonds is 3. The van der Waals surface area contributed by atoms with Crippen LogP contribution in [0.3, 0.4) is 0 Å². The second-order valence-corrected chi connectivity index (χ2v) is 3.33. The zero-order valence-corrected chi connectivity index (χ0v) is 9.03. The number of anilines is 1. The van der Waals surface area contributed by atoms with Gasteiger partial charge in [0.15, 0.2) is 5.82 Å². The summed E-state index contributed by atoms with van der Waals surface area (Å²) in [6.07, 6.45) is 0.836. The van der Waals surface area contributed by atoms with Gasteiger partial charge >= 0.3 is 0 Å². The van der Waals surface area contributed by atoms with Crippen LogP contribution in [0.15, 0.2) is 6.07 Å². The van der Waals surface area contributed by atoms with E-state index in [4.69, 9.17) is 0 Å². The van der Waals surface area contributed by atoms with Crippen LogP contribution in [0.5, 0.6) is 0 Å². The Morgan fingerprint density at radius 2 is 2.25 bits per heavy atom. The van der Waals surface area contributed by atoms with E-state index in [1.807, 2.05) is 6.92 Å². The predicted octanol–water partition coefficient (Wildman–Crippen LogP) is 0.651. The first kappa shape index (κ1) is 10.3. The van der Waals surface area contributed by atoms with Crippen molar-refractivity contribution in [2.24, 2.45) is 0 Å². The third-order valence-electron chi connectivity index (χ3n) is 2.05. The molecule has 0 unspecified atom stereocenters. The Kier molecular flexibility index (Phi) is 2.67. The highest BCUT2D eigenvalue weighted by Gasteiger charge is 2.12. The topological polar surface area (TPSA) is 99.3 Å². The number of H-pyrrole nitrogens is 2. The van der Waals surface area contributed by atoms with Crippen molar-refractivity contribution in [3.8, 4) is 0 Å². The van der Waals surface area contributed by atoms with Crippen LogP contribution >= 0.6 is 0 Å². The first-order valence-electron chi connectivity index (χ1n) is 4.93. The molecule has 2 aromatic rings. The summed E-state index contributed by atoms with van der Waals surface area (Å²) in [6.45, 7) is 3.73. The SMILES string of the molecule is CCc1cc(NC(=O)c2n[nH]c(C)n2)n[nH]1. The lowest BCUT2D eigenvalue weighted by Gasteiger charge is -1.95. The Morgan fingerprint density at radius 3 is 2.81 bits per heavy atom. The number of nitrogens with zero attached hydrogens (tertiary/aromatic N) is 3. The molecule has 1 amide bonds. The first-order chi connectivity index (χ1) is 7.69. The molecule has 0 radical (unpaired) electrons. The monoisotopic (exact) mass is 220 g/mol. The van der Waals surface area contributed by atoms with Gasteiger partial charge in [-0.25, -0.2) is 4.98 Å². The van der Waals surface area contributed by atoms with Crippen molar-refractivity contribution >= 4 is 11.7 Å². The van der Waals surface area contributed by atoms with Gasteiger partial charge in [0.25, 0.3) is 5.91 Å². The molecule has 2 heterocycles. The van der Waals surface area contributed by atoms with Gasteiger partial charge in [-0.1, -0.05) is 6.92 Å². The van der Waals surface area contributed by atoms with Crippen molar-refractivity contribution in [1.29, 1.82) is 0 Å². The van der Waals surface area contributed by atoms with E-state index in [9.17, 15) is 4.79 Å². The van der Waals surface area contributed by atoms with E-state index in [-0.39, 0.29) is 11.7 Å². The third kappa shape index (κ3) is 2.08. The molecule has 0 atom stereocenters. The Morgan fingerprint density at radius 1 is 1.44 bits per heavy atom. The molecule has 7 heteroatoms. The van der Waals surface area contributed by atoms with E-state index < -0.39 is 0 Å². The van der Waals surface area contributed by atoms with E-state index >= 15 is 0 Å². The van der Waals surface area contributed by atoms with Crippen LogP contribution in [0.25, 0.3) is 0 Å². The second-order valence-electron chi connectivity index (χ2n) is 3.33. The van der Waals surface area contributed by atoms with Crippen LogP contribution in [-0.4, -0.2) is 31.3 Å². The van der Waals surface area contributed by atoms with Gasteiger partial charge < -0.3 is 5.32 Å². The van der Waals surface area contributed by atoms with Crippen LogP contribution in [0.2, 0.25) is 0 Å². The van der Waals surface area contributed by atoms with E-state index in [0.717, 1.165) is 12.1 Å². The maximum Gasteiger partial charge on any atom is 0.296 e. The Labute approximate surface area is 91.7 Å². The van der Waals surface area contributed by atoms with Gasteiger partial charge in [-0.2, -0.15) is 5.10 Å². The fourth-order valence-electron chi connectivity index (χ4n) is 1.22. The predicted molar refractivity (Wildman–Crippen MR) is 57.0 cm³/mol. The summed E-state index contributed by atoms with van der Waals surface area (Å²) >= 11 is 0. The minimum Gasteiger partial charge on any atom is -0.302 e. The number of nitrogens with one attached hydrogen (secondary N) is 3. The second kappa shape index (κ2) is 4.13. The van der Waals surface area contributed by atoms with Crippen LogP contribution in [0.4, 0.5) is 5.82 Å². The quantitative estimate of drug-likeness (QED) is 0.707. The molecule has 16 heavy (non-hydrogen) atoms. The van der Waals surface area contributed by atoms with Crippen molar-refractivity contribution in [2.75, 3.05) is 5.32 Å². The minimum atomic E-state index is -0.376. The average Bonchev–Trinajstić information content (AvgIpc) is 2.87. The lowest BCUT2D eigenvalue weighted by atomic mass is 10.3. The molecule has 0 bridgehead atoms. The van der Waals surface area contributed by atoms with Gasteiger partial charge in [0.05, 0.1) is 0 Å². The molecular formula is C9H12N6O. The lowest BCUT2D eigenvalue weighted by Crippen LogP contribution is -2.14. The number of aromatic nitrogens is 5. The number of amides is 1. The van der Waals surface area contributed by atoms with E-state index in [0.29, 0.717) is 11.6 Å². The van der Waals surface area contributed by atoms with Crippen LogP contribution in [-0.2, 0) is 6.42 Å². The van der Waals surface area contributed by atoms with Crippen molar-refractivity contribution in [3.05, 3.63) is 23.4 Å². The highest BCUT2D eigenvalue weighted by atomic mass is 16.2. The summed E-state index contributed by atoms with van der Waals surface area (Å²) < 4.78 is 0. The summed E-state index contributed by atoms with van der Waals surface area (Å²) in [5.41, 5.74) is 0.960. The van der Waals surface area contributed by atoms with Gasteiger partial charge in [0, 0.05) is 11.8 Å². The average molecular weight is 220 g/mol. The first-order valence-corrected chi connectivity index (χ1v) is 4.93. The highest BCUT2D eigenvalue weighted by molar-refractivity contribution is 6.00. The number of hydrogen-bond donors (Lipinski definition) is 3. The summed E-state index contributed by atoms with van der Waals surface area (Å²) in [5.74, 6) is 0.808. The number of carbonyl (C=O) groups excluding carboxylic acids is 1. The van der Waals surface area contributed by atoms with Gasteiger partial charge in [-0.05, 0) is 13.3 Å². The number of aromatic amines is 2. The fraction of sp³-hybridized carbons (Fsp3) is 0.333. The number of aryl methyl sites for hydroxylation is 2. The molecule has 0 fully saturated rings. The molecule has 0 spiro atoms. The molecule has 2 rings (SSSR count). The minimum absolute atomic E-state index is 0.110. The van der Waals surface area contributed by atoms with Gasteiger partial charge in [0.1, 0.15) is 5.82 Å². The van der Waals surface area contributed by atoms with Crippen molar-refractivity contribution in [3.63, 3.8) is 0 Å². The summed E-state index contributed by atoms with van der Waals surface area (Å²) in [4.78, 5) is 15.5. The maximum atomic E-state index is 11.6. The molecule has 0 saturated heterocycles. The molecule has 0 aliphatic carbocycles. The Balaban J connectivity index is 2.07. The molecule has 0 aliphatic rings. The summed E-state index contributed by atoms with van der Waals surface area (Å²) in [7, 11) is 0. The highest BCUT2D eigenvalue weighted by Crippen LogP contribution is 2.06. The molecule has 0 aliphatic heterocycles. The van der Waals surface area contributed by atoms with Gasteiger partial charge in [-0.3, -0.25) is 15.0 Å². The maximum absolute atomic E-state index is 11.6. The van der Waals surface area contributed by atoms with E-state index in [1.165, 1.54) is 0 Å². The molecule has 3 N–H and O–H groups in total. The van der Waals surface area contributed by atoms with Crippen molar-refractivity contribution in [1.82, 2.24) is 25.4 Å². The largest absolute Gasteiger partial charge is 0.302 e.